The second kappa shape index (κ2) is 5.65. The quantitative estimate of drug-likeness (QED) is 0.897. The molecule has 0 saturated heterocycles. The fourth-order valence-corrected chi connectivity index (χ4v) is 1.59. The maximum atomic E-state index is 12.0. The van der Waals surface area contributed by atoms with E-state index in [9.17, 15) is 4.79 Å². The van der Waals surface area contributed by atoms with E-state index in [0.29, 0.717) is 0 Å². The summed E-state index contributed by atoms with van der Waals surface area (Å²) in [4.78, 5) is 12.0. The molecule has 3 nitrogen and oxygen atoms in total. The summed E-state index contributed by atoms with van der Waals surface area (Å²) in [5.41, 5.74) is 0.539. The van der Waals surface area contributed by atoms with Crippen molar-refractivity contribution in [1.82, 2.24) is 10.6 Å². The Kier molecular flexibility index (Phi) is 4.71. The van der Waals surface area contributed by atoms with Crippen molar-refractivity contribution in [3.8, 4) is 0 Å². The van der Waals surface area contributed by atoms with Crippen molar-refractivity contribution in [1.29, 1.82) is 0 Å². The molecule has 0 fully saturated rings. The molecule has 1 unspecified atom stereocenters. The Morgan fingerprint density at radius 1 is 1.29 bits per heavy atom. The van der Waals surface area contributed by atoms with Crippen molar-refractivity contribution >= 4 is 21.8 Å². The average Bonchev–Trinajstić information content (AvgIpc) is 2.29. The van der Waals surface area contributed by atoms with E-state index >= 15 is 0 Å². The first-order valence-corrected chi connectivity index (χ1v) is 6.41. The van der Waals surface area contributed by atoms with Crippen molar-refractivity contribution in [3.05, 3.63) is 34.3 Å². The van der Waals surface area contributed by atoms with E-state index in [1.165, 1.54) is 0 Å². The zero-order valence-corrected chi connectivity index (χ0v) is 12.3. The van der Waals surface area contributed by atoms with Gasteiger partial charge in [0.05, 0.1) is 11.6 Å². The van der Waals surface area contributed by atoms with Gasteiger partial charge in [0.15, 0.2) is 0 Å². The smallest absolute Gasteiger partial charge is 0.240 e. The third kappa shape index (κ3) is 3.82. The highest BCUT2D eigenvalue weighted by atomic mass is 79.9. The number of hydrogen-bond acceptors (Lipinski definition) is 2. The Hall–Kier alpha value is -0.870. The van der Waals surface area contributed by atoms with Gasteiger partial charge >= 0.3 is 0 Å². The molecule has 0 spiro atoms. The minimum Gasteiger partial charge on any atom is -0.348 e. The van der Waals surface area contributed by atoms with Gasteiger partial charge in [0.1, 0.15) is 0 Å². The minimum absolute atomic E-state index is 0.00299. The molecule has 1 amide bonds. The lowest BCUT2D eigenvalue weighted by atomic mass is 10.0. The summed E-state index contributed by atoms with van der Waals surface area (Å²) >= 11 is 3.39. The second-order valence-corrected chi connectivity index (χ2v) is 5.54. The molecular weight excluding hydrogens is 280 g/mol. The molecule has 1 rings (SSSR count). The van der Waals surface area contributed by atoms with Gasteiger partial charge in [-0.3, -0.25) is 4.79 Å². The highest BCUT2D eigenvalue weighted by molar-refractivity contribution is 9.10. The van der Waals surface area contributed by atoms with Gasteiger partial charge in [0, 0.05) is 4.47 Å². The van der Waals surface area contributed by atoms with Crippen molar-refractivity contribution in [3.63, 3.8) is 0 Å². The summed E-state index contributed by atoms with van der Waals surface area (Å²) in [7, 11) is 1.78. The number of likely N-dealkylation sites (N-methyl/N-ethyl adjacent to an activating group) is 1. The molecule has 1 atom stereocenters. The molecule has 2 N–H and O–H groups in total. The largest absolute Gasteiger partial charge is 0.348 e. The van der Waals surface area contributed by atoms with Gasteiger partial charge in [-0.1, -0.05) is 28.1 Å². The van der Waals surface area contributed by atoms with Crippen molar-refractivity contribution < 1.29 is 4.79 Å². The van der Waals surface area contributed by atoms with Crippen molar-refractivity contribution in [2.75, 3.05) is 7.05 Å². The van der Waals surface area contributed by atoms with Gasteiger partial charge in [-0.2, -0.15) is 0 Å². The highest BCUT2D eigenvalue weighted by Gasteiger charge is 2.26. The Morgan fingerprint density at radius 3 is 2.29 bits per heavy atom. The Morgan fingerprint density at radius 2 is 1.82 bits per heavy atom. The van der Waals surface area contributed by atoms with Crippen LogP contribution in [0.25, 0.3) is 0 Å². The van der Waals surface area contributed by atoms with E-state index in [1.54, 1.807) is 7.05 Å². The third-order valence-corrected chi connectivity index (χ3v) is 3.44. The van der Waals surface area contributed by atoms with E-state index in [1.807, 2.05) is 45.0 Å². The molecule has 0 aliphatic heterocycles. The molecule has 17 heavy (non-hydrogen) atoms. The second-order valence-electron chi connectivity index (χ2n) is 4.62. The molecule has 94 valence electrons. The molecule has 0 radical (unpaired) electrons. The van der Waals surface area contributed by atoms with E-state index in [4.69, 9.17) is 0 Å². The molecule has 0 saturated carbocycles. The van der Waals surface area contributed by atoms with Crippen LogP contribution in [-0.4, -0.2) is 18.5 Å². The van der Waals surface area contributed by atoms with Gasteiger partial charge in [-0.15, -0.1) is 0 Å². The summed E-state index contributed by atoms with van der Waals surface area (Å²) in [5, 5.41) is 5.98. The molecule has 0 aromatic heterocycles. The predicted molar refractivity (Wildman–Crippen MR) is 73.8 cm³/mol. The van der Waals surface area contributed by atoms with Crippen LogP contribution in [0.3, 0.4) is 0 Å². The zero-order valence-electron chi connectivity index (χ0n) is 10.7. The fraction of sp³-hybridized carbons (Fsp3) is 0.462. The van der Waals surface area contributed by atoms with Crippen LogP contribution in [0, 0.1) is 0 Å². The zero-order chi connectivity index (χ0) is 13.1. The van der Waals surface area contributed by atoms with Gasteiger partial charge < -0.3 is 10.6 Å². The van der Waals surface area contributed by atoms with Gasteiger partial charge in [0.2, 0.25) is 5.91 Å². The fourth-order valence-electron chi connectivity index (χ4n) is 1.33. The summed E-state index contributed by atoms with van der Waals surface area (Å²) < 4.78 is 1.04. The third-order valence-electron chi connectivity index (χ3n) is 2.91. The van der Waals surface area contributed by atoms with Crippen LogP contribution in [0.5, 0.6) is 0 Å². The molecule has 4 heteroatoms. The predicted octanol–water partition coefficient (Wildman–Crippen LogP) is 2.62. The van der Waals surface area contributed by atoms with E-state index in [2.05, 4.69) is 26.6 Å². The van der Waals surface area contributed by atoms with Crippen molar-refractivity contribution in [2.24, 2.45) is 0 Å². The van der Waals surface area contributed by atoms with E-state index < -0.39 is 5.54 Å². The van der Waals surface area contributed by atoms with Crippen molar-refractivity contribution in [2.45, 2.75) is 32.4 Å². The van der Waals surface area contributed by atoms with Crippen LogP contribution in [0.2, 0.25) is 0 Å². The highest BCUT2D eigenvalue weighted by Crippen LogP contribution is 2.17. The maximum absolute atomic E-state index is 12.0. The summed E-state index contributed by atoms with van der Waals surface area (Å²) in [6.45, 7) is 5.69. The van der Waals surface area contributed by atoms with Gasteiger partial charge in [0.25, 0.3) is 0 Å². The van der Waals surface area contributed by atoms with Crippen LogP contribution in [0.1, 0.15) is 32.4 Å². The lowest BCUT2D eigenvalue weighted by molar-refractivity contribution is -0.126. The number of carbonyl (C=O) groups excluding carboxylic acids is 1. The van der Waals surface area contributed by atoms with Crippen LogP contribution in [0.4, 0.5) is 0 Å². The van der Waals surface area contributed by atoms with Gasteiger partial charge in [-0.05, 0) is 45.5 Å². The first kappa shape index (κ1) is 14.2. The maximum Gasteiger partial charge on any atom is 0.240 e. The normalized spacial score (nSPS) is 13.2. The molecule has 0 aliphatic carbocycles. The number of amides is 1. The summed E-state index contributed by atoms with van der Waals surface area (Å²) in [6, 6.07) is 7.95. The molecule has 0 bridgehead atoms. The lowest BCUT2D eigenvalue weighted by Gasteiger charge is -2.25. The van der Waals surface area contributed by atoms with Crippen LogP contribution < -0.4 is 10.6 Å². The SMILES string of the molecule is CNC(C)(C)C(=O)NC(C)c1ccc(Br)cc1. The topological polar surface area (TPSA) is 41.1 Å². The Balaban J connectivity index is 2.70. The number of rotatable bonds is 4. The summed E-state index contributed by atoms with van der Waals surface area (Å²) in [5.74, 6) is -0.00424. The number of nitrogens with one attached hydrogen (secondary N) is 2. The Bertz CT molecular complexity index is 387. The molecular formula is C13H19BrN2O. The molecule has 0 heterocycles. The minimum atomic E-state index is -0.552. The number of hydrogen-bond donors (Lipinski definition) is 2. The number of benzene rings is 1. The monoisotopic (exact) mass is 298 g/mol. The first-order chi connectivity index (χ1) is 7.86. The standard InChI is InChI=1S/C13H19BrN2O/c1-9(10-5-7-11(14)8-6-10)16-12(17)13(2,3)15-4/h5-9,15H,1-4H3,(H,16,17). The Labute approximate surface area is 111 Å². The molecule has 1 aromatic rings. The van der Waals surface area contributed by atoms with Crippen LogP contribution in [-0.2, 0) is 4.79 Å². The van der Waals surface area contributed by atoms with Gasteiger partial charge in [-0.25, -0.2) is 0 Å². The van der Waals surface area contributed by atoms with Crippen LogP contribution in [0.15, 0.2) is 28.7 Å². The number of carbonyl (C=O) groups is 1. The summed E-state index contributed by atoms with van der Waals surface area (Å²) in [6.07, 6.45) is 0. The number of halogens is 1. The average molecular weight is 299 g/mol. The first-order valence-electron chi connectivity index (χ1n) is 5.62. The molecule has 0 aliphatic rings. The molecule has 1 aromatic carbocycles. The lowest BCUT2D eigenvalue weighted by Crippen LogP contribution is -2.51. The van der Waals surface area contributed by atoms with E-state index in [0.717, 1.165) is 10.0 Å². The van der Waals surface area contributed by atoms with E-state index in [-0.39, 0.29) is 11.9 Å². The van der Waals surface area contributed by atoms with Crippen LogP contribution >= 0.6 is 15.9 Å².